The molecule has 0 saturated carbocycles. The molecule has 0 spiro atoms. The molecular weight excluding hydrogens is 267 g/mol. The van der Waals surface area contributed by atoms with E-state index >= 15 is 0 Å². The number of hydrogen-bond donors (Lipinski definition) is 0. The van der Waals surface area contributed by atoms with Gasteiger partial charge in [0.25, 0.3) is 0 Å². The van der Waals surface area contributed by atoms with Crippen molar-refractivity contribution < 1.29 is 9.18 Å². The van der Waals surface area contributed by atoms with Crippen molar-refractivity contribution in [2.45, 2.75) is 19.9 Å². The number of nitrogens with zero attached hydrogens (tertiary/aromatic N) is 2. The molecule has 2 aromatic rings. The molecule has 0 aliphatic carbocycles. The molecule has 0 amide bonds. The van der Waals surface area contributed by atoms with Crippen molar-refractivity contribution in [1.29, 1.82) is 0 Å². The van der Waals surface area contributed by atoms with E-state index in [4.69, 9.17) is 0 Å². The van der Waals surface area contributed by atoms with Gasteiger partial charge in [0.2, 0.25) is 0 Å². The maximum Gasteiger partial charge on any atom is 0.182 e. The molecule has 0 unspecified atom stereocenters. The van der Waals surface area contributed by atoms with Gasteiger partial charge in [0.05, 0.1) is 6.20 Å². The molecule has 1 aromatic heterocycles. The third kappa shape index (κ3) is 4.46. The number of pyridine rings is 1. The highest BCUT2D eigenvalue weighted by Crippen LogP contribution is 2.10. The Balaban J connectivity index is 1.86. The maximum atomic E-state index is 12.8. The Labute approximate surface area is 124 Å². The van der Waals surface area contributed by atoms with E-state index in [-0.39, 0.29) is 5.78 Å². The second kappa shape index (κ2) is 7.09. The molecule has 1 heterocycles. The van der Waals surface area contributed by atoms with Crippen LogP contribution in [-0.2, 0) is 6.54 Å². The van der Waals surface area contributed by atoms with Gasteiger partial charge in [0, 0.05) is 19.5 Å². The molecule has 3 nitrogen and oxygen atoms in total. The molecular formula is C17H19FN2O. The highest BCUT2D eigenvalue weighted by Gasteiger charge is 2.10. The highest BCUT2D eigenvalue weighted by atomic mass is 19.1. The number of benzene rings is 1. The van der Waals surface area contributed by atoms with Crippen molar-refractivity contribution in [1.82, 2.24) is 9.88 Å². The lowest BCUT2D eigenvalue weighted by atomic mass is 10.1. The van der Waals surface area contributed by atoms with E-state index in [0.717, 1.165) is 12.7 Å². The summed E-state index contributed by atoms with van der Waals surface area (Å²) in [6.45, 7) is 3.53. The van der Waals surface area contributed by atoms with Gasteiger partial charge in [-0.15, -0.1) is 0 Å². The van der Waals surface area contributed by atoms with Gasteiger partial charge in [-0.05, 0) is 37.2 Å². The Hall–Kier alpha value is -2.07. The lowest BCUT2D eigenvalue weighted by Crippen LogP contribution is -2.22. The molecule has 0 aliphatic heterocycles. The molecule has 0 fully saturated rings. The first-order valence-electron chi connectivity index (χ1n) is 6.94. The summed E-state index contributed by atoms with van der Waals surface area (Å²) in [5, 5.41) is 0. The summed E-state index contributed by atoms with van der Waals surface area (Å²) in [4.78, 5) is 17.9. The SMILES string of the molecule is Cc1ccccc1CN(C)CCC(=O)c1ccc(F)cn1. The Morgan fingerprint density at radius 1 is 1.24 bits per heavy atom. The zero-order chi connectivity index (χ0) is 15.2. The first-order valence-corrected chi connectivity index (χ1v) is 6.94. The zero-order valence-corrected chi connectivity index (χ0v) is 12.3. The molecule has 21 heavy (non-hydrogen) atoms. The van der Waals surface area contributed by atoms with E-state index in [1.807, 2.05) is 19.2 Å². The van der Waals surface area contributed by atoms with Crippen LogP contribution in [0.15, 0.2) is 42.6 Å². The minimum absolute atomic E-state index is 0.0633. The number of aryl methyl sites for hydroxylation is 1. The summed E-state index contributed by atoms with van der Waals surface area (Å²) in [6.07, 6.45) is 1.45. The van der Waals surface area contributed by atoms with E-state index in [9.17, 15) is 9.18 Å². The average molecular weight is 286 g/mol. The van der Waals surface area contributed by atoms with Crippen LogP contribution < -0.4 is 0 Å². The Morgan fingerprint density at radius 2 is 2.00 bits per heavy atom. The smallest absolute Gasteiger partial charge is 0.182 e. The van der Waals surface area contributed by atoms with Crippen LogP contribution in [0.4, 0.5) is 4.39 Å². The fraction of sp³-hybridized carbons (Fsp3) is 0.294. The third-order valence-corrected chi connectivity index (χ3v) is 3.44. The normalized spacial score (nSPS) is 10.9. The molecule has 4 heteroatoms. The quantitative estimate of drug-likeness (QED) is 0.764. The van der Waals surface area contributed by atoms with Gasteiger partial charge < -0.3 is 4.90 Å². The minimum atomic E-state index is -0.428. The van der Waals surface area contributed by atoms with E-state index in [2.05, 4.69) is 28.9 Å². The second-order valence-corrected chi connectivity index (χ2v) is 5.20. The first-order chi connectivity index (χ1) is 10.1. The van der Waals surface area contributed by atoms with Crippen LogP contribution in [0.2, 0.25) is 0 Å². The van der Waals surface area contributed by atoms with Crippen LogP contribution in [0, 0.1) is 12.7 Å². The van der Waals surface area contributed by atoms with Crippen LogP contribution in [0.3, 0.4) is 0 Å². The predicted octanol–water partition coefficient (Wildman–Crippen LogP) is 3.23. The fourth-order valence-electron chi connectivity index (χ4n) is 2.12. The molecule has 0 N–H and O–H groups in total. The topological polar surface area (TPSA) is 33.2 Å². The number of ketones is 1. The first kappa shape index (κ1) is 15.3. The number of halogens is 1. The molecule has 2 rings (SSSR count). The predicted molar refractivity (Wildman–Crippen MR) is 80.7 cm³/mol. The number of carbonyl (C=O) groups excluding carboxylic acids is 1. The molecule has 0 bridgehead atoms. The van der Waals surface area contributed by atoms with Crippen LogP contribution >= 0.6 is 0 Å². The summed E-state index contributed by atoms with van der Waals surface area (Å²) in [5.41, 5.74) is 2.82. The number of hydrogen-bond acceptors (Lipinski definition) is 3. The Kier molecular flexibility index (Phi) is 5.17. The summed E-state index contributed by atoms with van der Waals surface area (Å²) in [5.74, 6) is -0.491. The molecule has 0 atom stereocenters. The molecule has 0 radical (unpaired) electrons. The van der Waals surface area contributed by atoms with Crippen LogP contribution in [0.25, 0.3) is 0 Å². The lowest BCUT2D eigenvalue weighted by Gasteiger charge is -2.17. The van der Waals surface area contributed by atoms with Crippen LogP contribution in [-0.4, -0.2) is 29.3 Å². The highest BCUT2D eigenvalue weighted by molar-refractivity contribution is 5.94. The van der Waals surface area contributed by atoms with Gasteiger partial charge in [-0.3, -0.25) is 9.78 Å². The van der Waals surface area contributed by atoms with Crippen molar-refractivity contribution >= 4 is 5.78 Å². The number of rotatable bonds is 6. The number of Topliss-reactive ketones (excluding diaryl/α,β-unsaturated/α-hetero) is 1. The van der Waals surface area contributed by atoms with Gasteiger partial charge in [-0.2, -0.15) is 0 Å². The van der Waals surface area contributed by atoms with Gasteiger partial charge in [0.1, 0.15) is 11.5 Å². The van der Waals surface area contributed by atoms with Gasteiger partial charge in [-0.1, -0.05) is 24.3 Å². The molecule has 1 aromatic carbocycles. The van der Waals surface area contributed by atoms with E-state index in [1.54, 1.807) is 0 Å². The Morgan fingerprint density at radius 3 is 2.67 bits per heavy atom. The lowest BCUT2D eigenvalue weighted by molar-refractivity contribution is 0.0963. The van der Waals surface area contributed by atoms with E-state index in [1.165, 1.54) is 23.3 Å². The minimum Gasteiger partial charge on any atom is -0.302 e. The molecule has 0 aliphatic rings. The monoisotopic (exact) mass is 286 g/mol. The largest absolute Gasteiger partial charge is 0.302 e. The number of aromatic nitrogens is 1. The molecule has 0 saturated heterocycles. The third-order valence-electron chi connectivity index (χ3n) is 3.44. The van der Waals surface area contributed by atoms with Crippen molar-refractivity contribution in [3.8, 4) is 0 Å². The van der Waals surface area contributed by atoms with E-state index in [0.29, 0.717) is 18.7 Å². The standard InChI is InChI=1S/C17H19FN2O/c1-13-5-3-4-6-14(13)12-20(2)10-9-17(21)16-8-7-15(18)11-19-16/h3-8,11H,9-10,12H2,1-2H3. The summed E-state index contributed by atoms with van der Waals surface area (Å²) >= 11 is 0. The zero-order valence-electron chi connectivity index (χ0n) is 12.3. The van der Waals surface area contributed by atoms with Crippen molar-refractivity contribution in [2.24, 2.45) is 0 Å². The van der Waals surface area contributed by atoms with Crippen molar-refractivity contribution in [3.05, 3.63) is 65.2 Å². The maximum absolute atomic E-state index is 12.8. The Bertz CT molecular complexity index is 610. The summed E-state index contributed by atoms with van der Waals surface area (Å²) < 4.78 is 12.8. The summed E-state index contributed by atoms with van der Waals surface area (Å²) in [6, 6.07) is 10.9. The number of carbonyl (C=O) groups is 1. The van der Waals surface area contributed by atoms with E-state index < -0.39 is 5.82 Å². The van der Waals surface area contributed by atoms with Gasteiger partial charge in [0.15, 0.2) is 5.78 Å². The average Bonchev–Trinajstić information content (AvgIpc) is 2.48. The van der Waals surface area contributed by atoms with Gasteiger partial charge in [-0.25, -0.2) is 4.39 Å². The van der Waals surface area contributed by atoms with Crippen LogP contribution in [0.1, 0.15) is 28.0 Å². The fourth-order valence-corrected chi connectivity index (χ4v) is 2.12. The summed E-state index contributed by atoms with van der Waals surface area (Å²) in [7, 11) is 1.98. The van der Waals surface area contributed by atoms with Crippen LogP contribution in [0.5, 0.6) is 0 Å². The van der Waals surface area contributed by atoms with Crippen molar-refractivity contribution in [2.75, 3.05) is 13.6 Å². The van der Waals surface area contributed by atoms with Gasteiger partial charge >= 0.3 is 0 Å². The van der Waals surface area contributed by atoms with Crippen molar-refractivity contribution in [3.63, 3.8) is 0 Å². The molecule has 110 valence electrons. The second-order valence-electron chi connectivity index (χ2n) is 5.20.